The molecule has 0 saturated carbocycles. The van der Waals surface area contributed by atoms with Crippen molar-refractivity contribution in [3.63, 3.8) is 0 Å². The first-order chi connectivity index (χ1) is 9.63. The lowest BCUT2D eigenvalue weighted by Gasteiger charge is -2.10. The van der Waals surface area contributed by atoms with Gasteiger partial charge in [-0.15, -0.1) is 0 Å². The van der Waals surface area contributed by atoms with E-state index in [0.29, 0.717) is 18.8 Å². The second-order valence-corrected chi connectivity index (χ2v) is 4.94. The van der Waals surface area contributed by atoms with E-state index in [2.05, 4.69) is 22.3 Å². The van der Waals surface area contributed by atoms with Crippen LogP contribution in [0, 0.1) is 0 Å². The summed E-state index contributed by atoms with van der Waals surface area (Å²) >= 11 is 6.09. The summed E-state index contributed by atoms with van der Waals surface area (Å²) in [6.45, 7) is 3.15. The van der Waals surface area contributed by atoms with Gasteiger partial charge in [-0.05, 0) is 6.42 Å². The number of hydrogen-bond donors (Lipinski definition) is 1. The Bertz CT molecular complexity index is 634. The van der Waals surface area contributed by atoms with Gasteiger partial charge in [-0.25, -0.2) is 9.67 Å². The van der Waals surface area contributed by atoms with Gasteiger partial charge in [-0.3, -0.25) is 4.79 Å². The van der Waals surface area contributed by atoms with Crippen molar-refractivity contribution in [2.24, 2.45) is 7.05 Å². The van der Waals surface area contributed by atoms with Crippen molar-refractivity contribution >= 4 is 17.3 Å². The molecule has 0 aliphatic carbocycles. The molecule has 0 radical (unpaired) electrons. The number of hydrogen-bond acceptors (Lipinski definition) is 4. The zero-order valence-electron chi connectivity index (χ0n) is 11.6. The summed E-state index contributed by atoms with van der Waals surface area (Å²) in [6.07, 6.45) is 7.08. The molecule has 2 heterocycles. The third-order valence-corrected chi connectivity index (χ3v) is 3.43. The lowest BCUT2D eigenvalue weighted by Crippen LogP contribution is -2.24. The molecule has 0 spiro atoms. The SMILES string of the molecule is CCCCn1ncc(NCc2nccn2C)c(Cl)c1=O. The Balaban J connectivity index is 2.11. The third kappa shape index (κ3) is 3.19. The molecule has 20 heavy (non-hydrogen) atoms. The maximum atomic E-state index is 12.0. The molecule has 0 bridgehead atoms. The van der Waals surface area contributed by atoms with Crippen LogP contribution in [0.4, 0.5) is 5.69 Å². The van der Waals surface area contributed by atoms with Crippen molar-refractivity contribution < 1.29 is 0 Å². The molecular formula is C13H18ClN5O. The maximum absolute atomic E-state index is 12.0. The number of aromatic nitrogens is 4. The fourth-order valence-corrected chi connectivity index (χ4v) is 2.01. The predicted octanol–water partition coefficient (Wildman–Crippen LogP) is 2.04. The van der Waals surface area contributed by atoms with Gasteiger partial charge in [-0.1, -0.05) is 24.9 Å². The zero-order valence-corrected chi connectivity index (χ0v) is 12.4. The van der Waals surface area contributed by atoms with Gasteiger partial charge in [0.25, 0.3) is 5.56 Å². The van der Waals surface area contributed by atoms with Gasteiger partial charge in [-0.2, -0.15) is 5.10 Å². The minimum absolute atomic E-state index is 0.172. The molecule has 0 atom stereocenters. The average Bonchev–Trinajstić information content (AvgIpc) is 2.85. The van der Waals surface area contributed by atoms with Crippen molar-refractivity contribution in [3.8, 4) is 0 Å². The number of imidazole rings is 1. The largest absolute Gasteiger partial charge is 0.375 e. The quantitative estimate of drug-likeness (QED) is 0.886. The van der Waals surface area contributed by atoms with Crippen LogP contribution in [0.2, 0.25) is 5.02 Å². The molecule has 0 aromatic carbocycles. The van der Waals surface area contributed by atoms with Gasteiger partial charge in [0.05, 0.1) is 18.4 Å². The van der Waals surface area contributed by atoms with Gasteiger partial charge in [0.2, 0.25) is 0 Å². The molecule has 6 nitrogen and oxygen atoms in total. The Hall–Kier alpha value is -1.82. The molecule has 7 heteroatoms. The summed E-state index contributed by atoms with van der Waals surface area (Å²) in [5.74, 6) is 0.858. The Kier molecular flexibility index (Phi) is 4.79. The van der Waals surface area contributed by atoms with Crippen molar-refractivity contribution in [1.82, 2.24) is 19.3 Å². The van der Waals surface area contributed by atoms with Crippen LogP contribution in [0.5, 0.6) is 0 Å². The minimum Gasteiger partial charge on any atom is -0.375 e. The van der Waals surface area contributed by atoms with Crippen LogP contribution in [0.15, 0.2) is 23.4 Å². The summed E-state index contributed by atoms with van der Waals surface area (Å²) < 4.78 is 3.30. The summed E-state index contributed by atoms with van der Waals surface area (Å²) in [5.41, 5.74) is 0.275. The van der Waals surface area contributed by atoms with E-state index in [9.17, 15) is 4.79 Å². The number of rotatable bonds is 6. The van der Waals surface area contributed by atoms with Gasteiger partial charge in [0, 0.05) is 26.0 Å². The monoisotopic (exact) mass is 295 g/mol. The van der Waals surface area contributed by atoms with Crippen molar-refractivity contribution in [2.75, 3.05) is 5.32 Å². The summed E-state index contributed by atoms with van der Waals surface area (Å²) in [4.78, 5) is 16.2. The molecule has 0 saturated heterocycles. The van der Waals surface area contributed by atoms with Gasteiger partial charge >= 0.3 is 0 Å². The first kappa shape index (κ1) is 14.6. The number of nitrogens with zero attached hydrogens (tertiary/aromatic N) is 4. The lowest BCUT2D eigenvalue weighted by atomic mass is 10.3. The van der Waals surface area contributed by atoms with E-state index in [0.717, 1.165) is 18.7 Å². The smallest absolute Gasteiger partial charge is 0.287 e. The fourth-order valence-electron chi connectivity index (χ4n) is 1.80. The number of nitrogens with one attached hydrogen (secondary N) is 1. The highest BCUT2D eigenvalue weighted by Crippen LogP contribution is 2.16. The number of anilines is 1. The van der Waals surface area contributed by atoms with Gasteiger partial charge < -0.3 is 9.88 Å². The fraction of sp³-hybridized carbons (Fsp3) is 0.462. The van der Waals surface area contributed by atoms with Crippen LogP contribution in [0.3, 0.4) is 0 Å². The second-order valence-electron chi connectivity index (χ2n) is 4.56. The zero-order chi connectivity index (χ0) is 14.5. The van der Waals surface area contributed by atoms with E-state index in [4.69, 9.17) is 11.6 Å². The van der Waals surface area contributed by atoms with Crippen LogP contribution < -0.4 is 10.9 Å². The molecule has 2 aromatic rings. The normalized spacial score (nSPS) is 10.8. The standard InChI is InChI=1S/C13H18ClN5O/c1-3-4-6-19-13(20)12(14)10(8-17-19)16-9-11-15-5-7-18(11)2/h5,7-8,16H,3-4,6,9H2,1-2H3. The topological polar surface area (TPSA) is 64.7 Å². The Morgan fingerprint density at radius 2 is 2.25 bits per heavy atom. The van der Waals surface area contributed by atoms with E-state index < -0.39 is 0 Å². The van der Waals surface area contributed by atoms with Crippen LogP contribution in [-0.2, 0) is 20.1 Å². The number of halogens is 1. The van der Waals surface area contributed by atoms with E-state index in [1.807, 2.05) is 17.8 Å². The van der Waals surface area contributed by atoms with Crippen molar-refractivity contribution in [1.29, 1.82) is 0 Å². The highest BCUT2D eigenvalue weighted by molar-refractivity contribution is 6.32. The molecule has 2 aromatic heterocycles. The van der Waals surface area contributed by atoms with Crippen LogP contribution >= 0.6 is 11.6 Å². The number of aryl methyl sites for hydroxylation is 2. The van der Waals surface area contributed by atoms with Crippen LogP contribution in [-0.4, -0.2) is 19.3 Å². The first-order valence-corrected chi connectivity index (χ1v) is 6.97. The average molecular weight is 296 g/mol. The minimum atomic E-state index is -0.259. The van der Waals surface area contributed by atoms with E-state index in [1.165, 1.54) is 4.68 Å². The van der Waals surface area contributed by atoms with Crippen LogP contribution in [0.1, 0.15) is 25.6 Å². The molecule has 0 aliphatic heterocycles. The molecular weight excluding hydrogens is 278 g/mol. The third-order valence-electron chi connectivity index (χ3n) is 3.07. The summed E-state index contributed by atoms with van der Waals surface area (Å²) in [6, 6.07) is 0. The molecule has 0 amide bonds. The van der Waals surface area contributed by atoms with E-state index >= 15 is 0 Å². The molecule has 0 unspecified atom stereocenters. The van der Waals surface area contributed by atoms with Crippen molar-refractivity contribution in [2.45, 2.75) is 32.9 Å². The lowest BCUT2D eigenvalue weighted by molar-refractivity contribution is 0.543. The highest BCUT2D eigenvalue weighted by atomic mass is 35.5. The summed E-state index contributed by atoms with van der Waals surface area (Å²) in [5, 5.41) is 7.39. The maximum Gasteiger partial charge on any atom is 0.287 e. The predicted molar refractivity (Wildman–Crippen MR) is 78.9 cm³/mol. The Morgan fingerprint density at radius 3 is 2.90 bits per heavy atom. The van der Waals surface area contributed by atoms with Gasteiger partial charge in [0.15, 0.2) is 0 Å². The van der Waals surface area contributed by atoms with E-state index in [-0.39, 0.29) is 10.6 Å². The molecule has 108 valence electrons. The highest BCUT2D eigenvalue weighted by Gasteiger charge is 2.09. The first-order valence-electron chi connectivity index (χ1n) is 6.59. The summed E-state index contributed by atoms with van der Waals surface area (Å²) in [7, 11) is 1.91. The molecule has 0 fully saturated rings. The Morgan fingerprint density at radius 1 is 1.45 bits per heavy atom. The molecule has 0 aliphatic rings. The van der Waals surface area contributed by atoms with E-state index in [1.54, 1.807) is 12.4 Å². The number of unbranched alkanes of at least 4 members (excludes halogenated alkanes) is 1. The van der Waals surface area contributed by atoms with Crippen LogP contribution in [0.25, 0.3) is 0 Å². The Labute approximate surface area is 122 Å². The second kappa shape index (κ2) is 6.56. The van der Waals surface area contributed by atoms with Crippen molar-refractivity contribution in [3.05, 3.63) is 39.8 Å². The molecule has 1 N–H and O–H groups in total. The van der Waals surface area contributed by atoms with Gasteiger partial charge in [0.1, 0.15) is 10.8 Å². The molecule has 2 rings (SSSR count).